The Bertz CT molecular complexity index is 1560. The molecule has 9 nitrogen and oxygen atoms in total. The molecule has 2 bridgehead atoms. The molecule has 9 heteroatoms. The quantitative estimate of drug-likeness (QED) is 0.355. The van der Waals surface area contributed by atoms with Crippen molar-refractivity contribution >= 4 is 11.3 Å². The normalized spacial score (nSPS) is 22.5. The van der Waals surface area contributed by atoms with E-state index >= 15 is 0 Å². The van der Waals surface area contributed by atoms with Crippen molar-refractivity contribution in [1.29, 1.82) is 5.26 Å². The molecule has 0 aliphatic carbocycles. The van der Waals surface area contributed by atoms with Crippen molar-refractivity contribution in [3.63, 3.8) is 0 Å². The molecule has 0 spiro atoms. The van der Waals surface area contributed by atoms with Crippen LogP contribution in [0.4, 0.5) is 5.82 Å². The summed E-state index contributed by atoms with van der Waals surface area (Å²) in [6, 6.07) is 13.7. The van der Waals surface area contributed by atoms with Crippen molar-refractivity contribution in [2.45, 2.75) is 31.0 Å². The first-order valence-electron chi connectivity index (χ1n) is 13.3. The lowest BCUT2D eigenvalue weighted by atomic mass is 9.87. The lowest BCUT2D eigenvalue weighted by molar-refractivity contribution is -0.00876. The number of hydrogen-bond donors (Lipinski definition) is 0. The second-order valence-corrected chi connectivity index (χ2v) is 10.5. The number of hydrogen-bond acceptors (Lipinski definition) is 8. The summed E-state index contributed by atoms with van der Waals surface area (Å²) >= 11 is 0. The summed E-state index contributed by atoms with van der Waals surface area (Å²) in [4.78, 5) is 14.2. The van der Waals surface area contributed by atoms with Crippen LogP contribution in [-0.4, -0.2) is 70.0 Å². The molecule has 4 aliphatic rings. The molecule has 3 unspecified atom stereocenters. The van der Waals surface area contributed by atoms with Crippen LogP contribution in [0.3, 0.4) is 0 Å². The monoisotopic (exact) mass is 519 g/mol. The number of methoxy groups -OCH3 is 1. The molecule has 3 fully saturated rings. The number of nitrogens with zero attached hydrogens (tertiary/aromatic N) is 7. The van der Waals surface area contributed by atoms with E-state index in [-0.39, 0.29) is 5.92 Å². The van der Waals surface area contributed by atoms with Gasteiger partial charge in [0.05, 0.1) is 37.6 Å². The van der Waals surface area contributed by atoms with E-state index in [9.17, 15) is 5.26 Å². The number of aromatic nitrogens is 4. The number of fused-ring (bicyclic) bond motifs is 3. The molecule has 196 valence electrons. The first-order chi connectivity index (χ1) is 19.2. The van der Waals surface area contributed by atoms with Crippen LogP contribution in [-0.2, 0) is 11.3 Å². The summed E-state index contributed by atoms with van der Waals surface area (Å²) in [5.41, 5.74) is 5.61. The third kappa shape index (κ3) is 4.32. The third-order valence-electron chi connectivity index (χ3n) is 8.16. The Morgan fingerprint density at radius 3 is 2.69 bits per heavy atom. The minimum atomic E-state index is 0.153. The molecule has 3 atom stereocenters. The summed E-state index contributed by atoms with van der Waals surface area (Å²) in [5.74, 6) is 1.79. The predicted molar refractivity (Wildman–Crippen MR) is 147 cm³/mol. The van der Waals surface area contributed by atoms with E-state index < -0.39 is 0 Å². The maximum atomic E-state index is 9.73. The molecule has 3 saturated heterocycles. The van der Waals surface area contributed by atoms with Crippen LogP contribution < -0.4 is 9.64 Å². The topological polar surface area (TPSA) is 91.8 Å². The van der Waals surface area contributed by atoms with Crippen molar-refractivity contribution in [1.82, 2.24) is 24.5 Å². The van der Waals surface area contributed by atoms with Gasteiger partial charge in [0.15, 0.2) is 0 Å². The van der Waals surface area contributed by atoms with Gasteiger partial charge in [-0.15, -0.1) is 0 Å². The van der Waals surface area contributed by atoms with Gasteiger partial charge in [0.2, 0.25) is 5.88 Å². The smallest absolute Gasteiger partial charge is 0.212 e. The molecule has 0 radical (unpaired) electrons. The van der Waals surface area contributed by atoms with E-state index in [4.69, 9.17) is 14.5 Å². The van der Waals surface area contributed by atoms with Gasteiger partial charge in [-0.3, -0.25) is 4.90 Å². The Kier molecular flexibility index (Phi) is 5.99. The van der Waals surface area contributed by atoms with Gasteiger partial charge in [-0.1, -0.05) is 18.2 Å². The number of piperidine rings is 1. The number of rotatable bonds is 6. The Morgan fingerprint density at radius 2 is 2.00 bits per heavy atom. The van der Waals surface area contributed by atoms with Crippen molar-refractivity contribution in [2.75, 3.05) is 38.3 Å². The van der Waals surface area contributed by atoms with E-state index in [0.717, 1.165) is 47.7 Å². The SMILES string of the molecule is COc1ccc(CN2C3CC2CN(c2ccc(-c4cc(C5C=CCOC5)cn5ncc(C#N)c45)cn2)C3)cn1. The molecule has 0 saturated carbocycles. The number of piperazine rings is 1. The standard InChI is InChI=1S/C30H29N7O2/c1-38-29-7-4-20(12-33-29)15-36-25-10-26(36)18-35(17-25)28-6-5-21(13-32-28)27-9-23(22-3-2-8-39-19-22)16-37-30(27)24(11-31)14-34-37/h2-7,9,12-14,16,22,25-26H,8,10,15,17-19H2,1H3. The predicted octanol–water partition coefficient (Wildman–Crippen LogP) is 3.80. The van der Waals surface area contributed by atoms with Crippen LogP contribution in [0.15, 0.2) is 67.3 Å². The summed E-state index contributed by atoms with van der Waals surface area (Å²) < 4.78 is 12.7. The molecular formula is C30H29N7O2. The van der Waals surface area contributed by atoms with Crippen molar-refractivity contribution < 1.29 is 9.47 Å². The fraction of sp³-hybridized carbons (Fsp3) is 0.333. The van der Waals surface area contributed by atoms with Crippen molar-refractivity contribution in [3.8, 4) is 23.1 Å². The van der Waals surface area contributed by atoms with Crippen molar-refractivity contribution in [3.05, 3.63) is 84.0 Å². The zero-order chi connectivity index (χ0) is 26.3. The van der Waals surface area contributed by atoms with E-state index in [2.05, 4.69) is 62.4 Å². The van der Waals surface area contributed by atoms with E-state index in [1.165, 1.54) is 12.0 Å². The van der Waals surface area contributed by atoms with Crippen LogP contribution in [0.25, 0.3) is 16.6 Å². The highest BCUT2D eigenvalue weighted by molar-refractivity contribution is 5.85. The summed E-state index contributed by atoms with van der Waals surface area (Å²) in [7, 11) is 1.64. The Balaban J connectivity index is 1.11. The molecule has 4 aliphatic heterocycles. The largest absolute Gasteiger partial charge is 0.481 e. The highest BCUT2D eigenvalue weighted by Crippen LogP contribution is 2.37. The van der Waals surface area contributed by atoms with Crippen LogP contribution in [0.1, 0.15) is 29.0 Å². The van der Waals surface area contributed by atoms with E-state index in [1.807, 2.05) is 29.2 Å². The molecule has 0 amide bonds. The van der Waals surface area contributed by atoms with Crippen LogP contribution in [0.5, 0.6) is 5.88 Å². The number of nitriles is 1. The number of anilines is 1. The summed E-state index contributed by atoms with van der Waals surface area (Å²) in [6.45, 7) is 4.11. The minimum absolute atomic E-state index is 0.153. The van der Waals surface area contributed by atoms with Crippen LogP contribution in [0.2, 0.25) is 0 Å². The maximum absolute atomic E-state index is 9.73. The molecule has 4 aromatic rings. The zero-order valence-corrected chi connectivity index (χ0v) is 21.8. The first-order valence-corrected chi connectivity index (χ1v) is 13.3. The fourth-order valence-corrected chi connectivity index (χ4v) is 6.09. The first kappa shape index (κ1) is 23.8. The lowest BCUT2D eigenvalue weighted by Gasteiger charge is -2.56. The van der Waals surface area contributed by atoms with Gasteiger partial charge in [-0.2, -0.15) is 10.4 Å². The second kappa shape index (κ2) is 9.80. The molecule has 8 rings (SSSR count). The van der Waals surface area contributed by atoms with E-state index in [0.29, 0.717) is 36.7 Å². The second-order valence-electron chi connectivity index (χ2n) is 10.5. The Hall–Kier alpha value is -4.26. The molecular weight excluding hydrogens is 490 g/mol. The molecule has 0 N–H and O–H groups in total. The van der Waals surface area contributed by atoms with Gasteiger partial charge >= 0.3 is 0 Å². The van der Waals surface area contributed by atoms with Gasteiger partial charge in [0.1, 0.15) is 11.9 Å². The molecule has 8 heterocycles. The lowest BCUT2D eigenvalue weighted by Crippen LogP contribution is -2.68. The van der Waals surface area contributed by atoms with Gasteiger partial charge in [0, 0.05) is 73.4 Å². The average Bonchev–Trinajstić information content (AvgIpc) is 3.43. The van der Waals surface area contributed by atoms with Gasteiger partial charge in [-0.05, 0) is 35.7 Å². The Morgan fingerprint density at radius 1 is 1.10 bits per heavy atom. The van der Waals surface area contributed by atoms with E-state index in [1.54, 1.807) is 13.3 Å². The molecule has 39 heavy (non-hydrogen) atoms. The van der Waals surface area contributed by atoms with Gasteiger partial charge in [0.25, 0.3) is 0 Å². The third-order valence-corrected chi connectivity index (χ3v) is 8.16. The highest BCUT2D eigenvalue weighted by Gasteiger charge is 2.44. The molecule has 0 aromatic carbocycles. The summed E-state index contributed by atoms with van der Waals surface area (Å²) in [5, 5.41) is 14.2. The van der Waals surface area contributed by atoms with Gasteiger partial charge < -0.3 is 14.4 Å². The summed E-state index contributed by atoms with van der Waals surface area (Å²) in [6.07, 6.45) is 12.9. The van der Waals surface area contributed by atoms with Crippen molar-refractivity contribution in [2.24, 2.45) is 0 Å². The van der Waals surface area contributed by atoms with Gasteiger partial charge in [-0.25, -0.2) is 14.5 Å². The maximum Gasteiger partial charge on any atom is 0.212 e. The zero-order valence-electron chi connectivity index (χ0n) is 21.8. The number of pyridine rings is 3. The fourth-order valence-electron chi connectivity index (χ4n) is 6.09. The minimum Gasteiger partial charge on any atom is -0.481 e. The Labute approximate surface area is 226 Å². The highest BCUT2D eigenvalue weighted by atomic mass is 16.5. The number of ether oxygens (including phenoxy) is 2. The average molecular weight is 520 g/mol. The van der Waals surface area contributed by atoms with Crippen LogP contribution in [0, 0.1) is 11.3 Å². The molecule has 4 aromatic heterocycles. The van der Waals surface area contributed by atoms with Crippen LogP contribution >= 0.6 is 0 Å².